The number of aromatic carboxylic acids is 1. The molecule has 1 heterocycles. The van der Waals surface area contributed by atoms with E-state index in [0.717, 1.165) is 6.42 Å². The minimum atomic E-state index is -1.04. The van der Waals surface area contributed by atoms with Crippen molar-refractivity contribution >= 4 is 21.9 Å². The van der Waals surface area contributed by atoms with Gasteiger partial charge in [-0.3, -0.25) is 4.57 Å². The van der Waals surface area contributed by atoms with Gasteiger partial charge in [0.05, 0.1) is 11.3 Å². The highest BCUT2D eigenvalue weighted by atomic mass is 79.9. The first-order valence-electron chi connectivity index (χ1n) is 6.15. The van der Waals surface area contributed by atoms with E-state index >= 15 is 0 Å². The van der Waals surface area contributed by atoms with Gasteiger partial charge in [0.15, 0.2) is 5.82 Å². The van der Waals surface area contributed by atoms with Crippen molar-refractivity contribution in [1.29, 1.82) is 0 Å². The third kappa shape index (κ3) is 2.73. The van der Waals surface area contributed by atoms with Crippen molar-refractivity contribution in [2.24, 2.45) is 0 Å². The summed E-state index contributed by atoms with van der Waals surface area (Å²) in [6, 6.07) is 4.95. The Labute approximate surface area is 124 Å². The number of aliphatic hydroxyl groups excluding tert-OH is 1. The average Bonchev–Trinajstić information content (AvgIpc) is 2.82. The zero-order valence-corrected chi connectivity index (χ0v) is 12.5. The first kappa shape index (κ1) is 14.7. The molecule has 0 saturated heterocycles. The molecule has 0 bridgehead atoms. The highest BCUT2D eigenvalue weighted by Crippen LogP contribution is 2.23. The molecule has 1 aromatic carbocycles. The molecule has 2 rings (SSSR count). The lowest BCUT2D eigenvalue weighted by molar-refractivity contribution is 0.0696. The van der Waals surface area contributed by atoms with Gasteiger partial charge in [-0.2, -0.15) is 0 Å². The second-order valence-corrected chi connectivity index (χ2v) is 5.16. The van der Waals surface area contributed by atoms with Crippen LogP contribution < -0.4 is 0 Å². The van der Waals surface area contributed by atoms with E-state index in [1.807, 2.05) is 6.92 Å². The fraction of sp³-hybridized carbons (Fsp3) is 0.308. The summed E-state index contributed by atoms with van der Waals surface area (Å²) in [5.41, 5.74) is 0.587. The van der Waals surface area contributed by atoms with E-state index in [9.17, 15) is 15.0 Å². The molecule has 0 amide bonds. The van der Waals surface area contributed by atoms with Gasteiger partial charge in [-0.1, -0.05) is 22.9 Å². The minimum Gasteiger partial charge on any atom is -0.478 e. The quantitative estimate of drug-likeness (QED) is 0.871. The number of rotatable bonds is 5. The van der Waals surface area contributed by atoms with Crippen LogP contribution in [0.1, 0.15) is 35.4 Å². The van der Waals surface area contributed by atoms with Crippen molar-refractivity contribution in [1.82, 2.24) is 14.8 Å². The number of aryl methyl sites for hydroxylation is 1. The van der Waals surface area contributed by atoms with E-state index < -0.39 is 5.97 Å². The second-order valence-electron chi connectivity index (χ2n) is 4.24. The zero-order chi connectivity index (χ0) is 14.7. The second kappa shape index (κ2) is 6.15. The van der Waals surface area contributed by atoms with E-state index in [0.29, 0.717) is 28.2 Å². The summed E-state index contributed by atoms with van der Waals surface area (Å²) in [7, 11) is 0. The van der Waals surface area contributed by atoms with Gasteiger partial charge in [0.1, 0.15) is 12.4 Å². The van der Waals surface area contributed by atoms with Gasteiger partial charge in [-0.15, -0.1) is 10.2 Å². The number of aromatic nitrogens is 3. The van der Waals surface area contributed by atoms with Crippen LogP contribution in [0.4, 0.5) is 0 Å². The molecule has 0 unspecified atom stereocenters. The van der Waals surface area contributed by atoms with Gasteiger partial charge in [-0.25, -0.2) is 4.79 Å². The van der Waals surface area contributed by atoms with E-state index in [2.05, 4.69) is 26.1 Å². The first-order valence-corrected chi connectivity index (χ1v) is 6.95. The fourth-order valence-electron chi connectivity index (χ4n) is 1.99. The Hall–Kier alpha value is -1.73. The molecule has 0 saturated carbocycles. The van der Waals surface area contributed by atoms with Crippen molar-refractivity contribution in [3.63, 3.8) is 0 Å². The molecule has 0 aliphatic carbocycles. The maximum absolute atomic E-state index is 11.4. The number of carbonyl (C=O) groups is 1. The standard InChI is InChI=1S/C13H14BrN3O3/c1-2-3-11-15-16-12(7-18)17(11)10-5-4-8(14)6-9(10)13(19)20/h4-6,18H,2-3,7H2,1H3,(H,19,20). The molecule has 0 fully saturated rings. The van der Waals surface area contributed by atoms with Crippen LogP contribution in [0, 0.1) is 0 Å². The smallest absolute Gasteiger partial charge is 0.337 e. The van der Waals surface area contributed by atoms with Gasteiger partial charge < -0.3 is 10.2 Å². The van der Waals surface area contributed by atoms with E-state index in [1.54, 1.807) is 16.7 Å². The number of hydrogen-bond acceptors (Lipinski definition) is 4. The Morgan fingerprint density at radius 2 is 2.05 bits per heavy atom. The number of carboxylic acids is 1. The SMILES string of the molecule is CCCc1nnc(CO)n1-c1ccc(Br)cc1C(=O)O. The van der Waals surface area contributed by atoms with Crippen molar-refractivity contribution in [2.75, 3.05) is 0 Å². The lowest BCUT2D eigenvalue weighted by Gasteiger charge is -2.12. The maximum atomic E-state index is 11.4. The Morgan fingerprint density at radius 1 is 1.35 bits per heavy atom. The summed E-state index contributed by atoms with van der Waals surface area (Å²) in [6.45, 7) is 1.70. The summed E-state index contributed by atoms with van der Waals surface area (Å²) in [6.07, 6.45) is 1.50. The molecule has 20 heavy (non-hydrogen) atoms. The lowest BCUT2D eigenvalue weighted by atomic mass is 10.1. The molecule has 0 radical (unpaired) electrons. The molecular weight excluding hydrogens is 326 g/mol. The molecule has 6 nitrogen and oxygen atoms in total. The predicted octanol–water partition coefficient (Wildman–Crippen LogP) is 2.17. The van der Waals surface area contributed by atoms with E-state index in [-0.39, 0.29) is 12.2 Å². The largest absolute Gasteiger partial charge is 0.478 e. The summed E-state index contributed by atoms with van der Waals surface area (Å²) in [5, 5.41) is 26.6. The Kier molecular flexibility index (Phi) is 4.51. The van der Waals surface area contributed by atoms with Gasteiger partial charge in [0, 0.05) is 10.9 Å². The van der Waals surface area contributed by atoms with Crippen molar-refractivity contribution < 1.29 is 15.0 Å². The van der Waals surface area contributed by atoms with Crippen molar-refractivity contribution in [3.8, 4) is 5.69 Å². The van der Waals surface area contributed by atoms with E-state index in [4.69, 9.17) is 0 Å². The number of hydrogen-bond donors (Lipinski definition) is 2. The highest BCUT2D eigenvalue weighted by molar-refractivity contribution is 9.10. The van der Waals surface area contributed by atoms with Crippen LogP contribution in [0.3, 0.4) is 0 Å². The maximum Gasteiger partial charge on any atom is 0.337 e. The third-order valence-corrected chi connectivity index (χ3v) is 3.34. The van der Waals surface area contributed by atoms with Gasteiger partial charge in [0.2, 0.25) is 0 Å². The fourth-order valence-corrected chi connectivity index (χ4v) is 2.36. The van der Waals surface area contributed by atoms with Crippen molar-refractivity contribution in [3.05, 3.63) is 39.9 Å². The Balaban J connectivity index is 2.67. The van der Waals surface area contributed by atoms with Crippen LogP contribution in [0.2, 0.25) is 0 Å². The molecular formula is C13H14BrN3O3. The van der Waals surface area contributed by atoms with Crippen LogP contribution >= 0.6 is 15.9 Å². The minimum absolute atomic E-state index is 0.131. The molecule has 7 heteroatoms. The summed E-state index contributed by atoms with van der Waals surface area (Å²) in [4.78, 5) is 11.4. The molecule has 2 aromatic rings. The van der Waals surface area contributed by atoms with Crippen LogP contribution in [0.15, 0.2) is 22.7 Å². The van der Waals surface area contributed by atoms with Crippen LogP contribution in [0.25, 0.3) is 5.69 Å². The van der Waals surface area contributed by atoms with Crippen LogP contribution in [0.5, 0.6) is 0 Å². The summed E-state index contributed by atoms with van der Waals surface area (Å²) in [5.74, 6) is -0.0685. The number of benzene rings is 1. The molecule has 1 aromatic heterocycles. The van der Waals surface area contributed by atoms with Gasteiger partial charge in [0.25, 0.3) is 0 Å². The molecule has 0 aliphatic rings. The topological polar surface area (TPSA) is 88.2 Å². The predicted molar refractivity (Wildman–Crippen MR) is 75.9 cm³/mol. The summed E-state index contributed by atoms with van der Waals surface area (Å²) < 4.78 is 2.29. The molecule has 0 aliphatic heterocycles. The van der Waals surface area contributed by atoms with Crippen LogP contribution in [-0.4, -0.2) is 30.9 Å². The zero-order valence-electron chi connectivity index (χ0n) is 10.9. The Morgan fingerprint density at radius 3 is 2.65 bits per heavy atom. The number of halogens is 1. The molecule has 2 N–H and O–H groups in total. The number of nitrogens with zero attached hydrogens (tertiary/aromatic N) is 3. The molecule has 0 atom stereocenters. The number of aliphatic hydroxyl groups is 1. The molecule has 0 spiro atoms. The summed E-state index contributed by atoms with van der Waals surface area (Å²) >= 11 is 3.26. The van der Waals surface area contributed by atoms with Crippen molar-refractivity contribution in [2.45, 2.75) is 26.4 Å². The molecule has 106 valence electrons. The highest BCUT2D eigenvalue weighted by Gasteiger charge is 2.18. The Bertz CT molecular complexity index is 640. The average molecular weight is 340 g/mol. The van der Waals surface area contributed by atoms with E-state index in [1.165, 1.54) is 6.07 Å². The van der Waals surface area contributed by atoms with Gasteiger partial charge >= 0.3 is 5.97 Å². The normalized spacial score (nSPS) is 10.8. The first-order chi connectivity index (χ1) is 9.58. The van der Waals surface area contributed by atoms with Gasteiger partial charge in [-0.05, 0) is 24.6 Å². The number of carboxylic acid groups (broad SMARTS) is 1. The lowest BCUT2D eigenvalue weighted by Crippen LogP contribution is -2.11. The van der Waals surface area contributed by atoms with Crippen LogP contribution in [-0.2, 0) is 13.0 Å². The third-order valence-electron chi connectivity index (χ3n) is 2.84. The monoisotopic (exact) mass is 339 g/mol.